The second-order valence-corrected chi connectivity index (χ2v) is 3.95. The molecule has 96 valence electrons. The standard InChI is InChI=1S/C14H11FN2O2/c15-11-2-1-3-12(10(11)7-16)17-8-9-4-5-13(18)14(19)6-9/h1-6,17-19H,8H2. The Morgan fingerprint density at radius 2 is 1.95 bits per heavy atom. The number of anilines is 1. The number of hydrogen-bond acceptors (Lipinski definition) is 4. The van der Waals surface area contributed by atoms with Crippen LogP contribution in [0.25, 0.3) is 0 Å². The monoisotopic (exact) mass is 258 g/mol. The summed E-state index contributed by atoms with van der Waals surface area (Å²) < 4.78 is 13.4. The number of nitrogens with one attached hydrogen (secondary N) is 1. The molecule has 0 radical (unpaired) electrons. The van der Waals surface area contributed by atoms with Crippen molar-refractivity contribution in [3.05, 3.63) is 53.3 Å². The first-order chi connectivity index (χ1) is 9.11. The fourth-order valence-electron chi connectivity index (χ4n) is 1.66. The maximum absolute atomic E-state index is 13.4. The van der Waals surface area contributed by atoms with E-state index in [1.165, 1.54) is 24.3 Å². The smallest absolute Gasteiger partial charge is 0.157 e. The summed E-state index contributed by atoms with van der Waals surface area (Å²) >= 11 is 0. The first-order valence-corrected chi connectivity index (χ1v) is 5.55. The largest absolute Gasteiger partial charge is 0.504 e. The van der Waals surface area contributed by atoms with Crippen LogP contribution in [0.1, 0.15) is 11.1 Å². The van der Waals surface area contributed by atoms with Crippen LogP contribution in [0.15, 0.2) is 36.4 Å². The molecular formula is C14H11FN2O2. The van der Waals surface area contributed by atoms with Crippen molar-refractivity contribution in [2.24, 2.45) is 0 Å². The number of hydrogen-bond donors (Lipinski definition) is 3. The lowest BCUT2D eigenvalue weighted by Gasteiger charge is -2.09. The molecule has 0 unspecified atom stereocenters. The SMILES string of the molecule is N#Cc1c(F)cccc1NCc1ccc(O)c(O)c1. The van der Waals surface area contributed by atoms with Gasteiger partial charge in [-0.2, -0.15) is 5.26 Å². The fraction of sp³-hybridized carbons (Fsp3) is 0.0714. The Morgan fingerprint density at radius 1 is 1.16 bits per heavy atom. The summed E-state index contributed by atoms with van der Waals surface area (Å²) in [7, 11) is 0. The van der Waals surface area contributed by atoms with Crippen molar-refractivity contribution in [1.82, 2.24) is 0 Å². The topological polar surface area (TPSA) is 76.3 Å². The molecule has 0 saturated heterocycles. The van der Waals surface area contributed by atoms with Crippen molar-refractivity contribution in [1.29, 1.82) is 5.26 Å². The van der Waals surface area contributed by atoms with Crippen molar-refractivity contribution in [2.45, 2.75) is 6.54 Å². The lowest BCUT2D eigenvalue weighted by atomic mass is 10.1. The summed E-state index contributed by atoms with van der Waals surface area (Å²) in [6.07, 6.45) is 0. The van der Waals surface area contributed by atoms with Crippen molar-refractivity contribution in [3.8, 4) is 17.6 Å². The molecule has 0 amide bonds. The highest BCUT2D eigenvalue weighted by atomic mass is 19.1. The van der Waals surface area contributed by atoms with Gasteiger partial charge >= 0.3 is 0 Å². The Labute approximate surface area is 109 Å². The van der Waals surface area contributed by atoms with Crippen LogP contribution in [-0.2, 0) is 6.54 Å². The molecule has 0 saturated carbocycles. The molecule has 0 aliphatic carbocycles. The van der Waals surface area contributed by atoms with Gasteiger partial charge < -0.3 is 15.5 Å². The Balaban J connectivity index is 2.17. The molecule has 0 atom stereocenters. The molecule has 0 bridgehead atoms. The van der Waals surface area contributed by atoms with Gasteiger partial charge in [-0.05, 0) is 29.8 Å². The molecule has 19 heavy (non-hydrogen) atoms. The molecule has 0 fully saturated rings. The van der Waals surface area contributed by atoms with Gasteiger partial charge in [-0.15, -0.1) is 0 Å². The summed E-state index contributed by atoms with van der Waals surface area (Å²) in [5, 5.41) is 30.3. The fourth-order valence-corrected chi connectivity index (χ4v) is 1.66. The Morgan fingerprint density at radius 3 is 2.63 bits per heavy atom. The molecule has 5 heteroatoms. The minimum absolute atomic E-state index is 0.0505. The van der Waals surface area contributed by atoms with E-state index in [9.17, 15) is 14.6 Å². The minimum Gasteiger partial charge on any atom is -0.504 e. The average Bonchev–Trinajstić information content (AvgIpc) is 2.40. The molecule has 0 aromatic heterocycles. The van der Waals surface area contributed by atoms with Gasteiger partial charge in [0.25, 0.3) is 0 Å². The maximum Gasteiger partial charge on any atom is 0.157 e. The quantitative estimate of drug-likeness (QED) is 0.740. The predicted molar refractivity (Wildman–Crippen MR) is 68.2 cm³/mol. The van der Waals surface area contributed by atoms with Crippen LogP contribution in [-0.4, -0.2) is 10.2 Å². The Hall–Kier alpha value is -2.74. The number of phenolic OH excluding ortho intramolecular Hbond substituents is 2. The van der Waals surface area contributed by atoms with Crippen LogP contribution < -0.4 is 5.32 Å². The van der Waals surface area contributed by atoms with E-state index in [0.717, 1.165) is 0 Å². The second-order valence-electron chi connectivity index (χ2n) is 3.95. The molecule has 4 nitrogen and oxygen atoms in total. The highest BCUT2D eigenvalue weighted by Gasteiger charge is 2.07. The molecule has 2 rings (SSSR count). The lowest BCUT2D eigenvalue weighted by Crippen LogP contribution is -2.02. The van der Waals surface area contributed by atoms with Crippen molar-refractivity contribution in [2.75, 3.05) is 5.32 Å². The summed E-state index contributed by atoms with van der Waals surface area (Å²) in [4.78, 5) is 0. The molecule has 3 N–H and O–H groups in total. The van der Waals surface area contributed by atoms with Crippen LogP contribution >= 0.6 is 0 Å². The van der Waals surface area contributed by atoms with E-state index < -0.39 is 5.82 Å². The first-order valence-electron chi connectivity index (χ1n) is 5.55. The lowest BCUT2D eigenvalue weighted by molar-refractivity contribution is 0.403. The van der Waals surface area contributed by atoms with Crippen LogP contribution in [0.2, 0.25) is 0 Å². The minimum atomic E-state index is -0.582. The third-order valence-electron chi connectivity index (χ3n) is 2.65. The first kappa shape index (κ1) is 12.7. The number of benzene rings is 2. The molecular weight excluding hydrogens is 247 g/mol. The zero-order valence-corrected chi connectivity index (χ0v) is 9.89. The van der Waals surface area contributed by atoms with Gasteiger partial charge in [0, 0.05) is 6.54 Å². The van der Waals surface area contributed by atoms with Gasteiger partial charge in [0.05, 0.1) is 5.69 Å². The van der Waals surface area contributed by atoms with E-state index in [1.807, 2.05) is 0 Å². The molecule has 2 aromatic carbocycles. The normalized spacial score (nSPS) is 9.89. The van der Waals surface area contributed by atoms with Gasteiger partial charge in [0.15, 0.2) is 11.5 Å². The number of aromatic hydroxyl groups is 2. The Bertz CT molecular complexity index is 650. The third-order valence-corrected chi connectivity index (χ3v) is 2.65. The van der Waals surface area contributed by atoms with Crippen LogP contribution in [0.3, 0.4) is 0 Å². The van der Waals surface area contributed by atoms with E-state index in [1.54, 1.807) is 18.2 Å². The van der Waals surface area contributed by atoms with Crippen molar-refractivity contribution < 1.29 is 14.6 Å². The third kappa shape index (κ3) is 2.75. The summed E-state index contributed by atoms with van der Waals surface area (Å²) in [5.41, 5.74) is 1.03. The van der Waals surface area contributed by atoms with E-state index in [-0.39, 0.29) is 17.1 Å². The predicted octanol–water partition coefficient (Wildman–Crippen LogP) is 2.72. The number of nitrogens with zero attached hydrogens (tertiary/aromatic N) is 1. The zero-order valence-electron chi connectivity index (χ0n) is 9.89. The summed E-state index contributed by atoms with van der Waals surface area (Å²) in [5.74, 6) is -1.01. The van der Waals surface area contributed by atoms with Crippen molar-refractivity contribution in [3.63, 3.8) is 0 Å². The molecule has 2 aromatic rings. The van der Waals surface area contributed by atoms with E-state index in [0.29, 0.717) is 17.8 Å². The number of phenols is 2. The number of rotatable bonds is 3. The van der Waals surface area contributed by atoms with Gasteiger partial charge in [-0.25, -0.2) is 4.39 Å². The van der Waals surface area contributed by atoms with Crippen LogP contribution in [0, 0.1) is 17.1 Å². The van der Waals surface area contributed by atoms with Gasteiger partial charge in [-0.3, -0.25) is 0 Å². The average molecular weight is 258 g/mol. The zero-order chi connectivity index (χ0) is 13.8. The maximum atomic E-state index is 13.4. The second kappa shape index (κ2) is 5.27. The van der Waals surface area contributed by atoms with Gasteiger partial charge in [-0.1, -0.05) is 12.1 Å². The highest BCUT2D eigenvalue weighted by molar-refractivity contribution is 5.58. The van der Waals surface area contributed by atoms with E-state index in [4.69, 9.17) is 5.26 Å². The number of halogens is 1. The van der Waals surface area contributed by atoms with Crippen LogP contribution in [0.4, 0.5) is 10.1 Å². The van der Waals surface area contributed by atoms with Crippen molar-refractivity contribution >= 4 is 5.69 Å². The molecule has 0 aliphatic heterocycles. The van der Waals surface area contributed by atoms with Gasteiger partial charge in [0.1, 0.15) is 17.4 Å². The van der Waals surface area contributed by atoms with E-state index >= 15 is 0 Å². The summed E-state index contributed by atoms with van der Waals surface area (Å²) in [6.45, 7) is 0.298. The Kier molecular flexibility index (Phi) is 3.53. The number of nitriles is 1. The summed E-state index contributed by atoms with van der Waals surface area (Å²) in [6, 6.07) is 10.5. The molecule has 0 heterocycles. The molecule has 0 spiro atoms. The van der Waals surface area contributed by atoms with Crippen LogP contribution in [0.5, 0.6) is 11.5 Å². The van der Waals surface area contributed by atoms with Gasteiger partial charge in [0.2, 0.25) is 0 Å². The molecule has 0 aliphatic rings. The van der Waals surface area contributed by atoms with E-state index in [2.05, 4.69) is 5.32 Å². The highest BCUT2D eigenvalue weighted by Crippen LogP contribution is 2.25.